The fourth-order valence-corrected chi connectivity index (χ4v) is 1.36. The summed E-state index contributed by atoms with van der Waals surface area (Å²) in [5.41, 5.74) is 6.67. The zero-order valence-electron chi connectivity index (χ0n) is 6.30. The Morgan fingerprint density at radius 1 is 1.55 bits per heavy atom. The quantitative estimate of drug-likeness (QED) is 0.691. The monoisotopic (exact) mass is 171 g/mol. The Hall–Kier alpha value is -0.700. The molecule has 0 radical (unpaired) electrons. The van der Waals surface area contributed by atoms with Crippen LogP contribution in [-0.4, -0.2) is 6.26 Å². The molecule has 2 N–H and O–H groups in total. The summed E-state index contributed by atoms with van der Waals surface area (Å²) in [6.45, 7) is 0. The Morgan fingerprint density at radius 2 is 2.27 bits per heavy atom. The van der Waals surface area contributed by atoms with Gasteiger partial charge in [-0.3, -0.25) is 0 Å². The van der Waals surface area contributed by atoms with Gasteiger partial charge >= 0.3 is 0 Å². The van der Waals surface area contributed by atoms with Gasteiger partial charge in [-0.2, -0.15) is 11.8 Å². The fourth-order valence-electron chi connectivity index (χ4n) is 0.850. The van der Waals surface area contributed by atoms with Gasteiger partial charge in [0, 0.05) is 5.75 Å². The standard InChI is InChI=1S/C8H10FNS/c1-11-5-6-2-3-7(9)8(10)4-6/h2-4H,5,10H2,1H3. The molecule has 0 amide bonds. The van der Waals surface area contributed by atoms with Crippen LogP contribution in [-0.2, 0) is 5.75 Å². The Balaban J connectivity index is 2.86. The van der Waals surface area contributed by atoms with Crippen molar-refractivity contribution in [2.24, 2.45) is 0 Å². The van der Waals surface area contributed by atoms with Crippen LogP contribution in [0, 0.1) is 5.82 Å². The van der Waals surface area contributed by atoms with Crippen LogP contribution in [0.4, 0.5) is 10.1 Å². The van der Waals surface area contributed by atoms with E-state index in [0.717, 1.165) is 11.3 Å². The zero-order valence-corrected chi connectivity index (χ0v) is 7.12. The summed E-state index contributed by atoms with van der Waals surface area (Å²) in [5, 5.41) is 0. The summed E-state index contributed by atoms with van der Waals surface area (Å²) in [6.07, 6.45) is 2.00. The van der Waals surface area contributed by atoms with Gasteiger partial charge in [0.25, 0.3) is 0 Å². The highest BCUT2D eigenvalue weighted by atomic mass is 32.2. The SMILES string of the molecule is CSCc1ccc(F)c(N)c1. The predicted octanol–water partition coefficient (Wildman–Crippen LogP) is 2.27. The fraction of sp³-hybridized carbons (Fsp3) is 0.250. The van der Waals surface area contributed by atoms with Crippen molar-refractivity contribution in [3.8, 4) is 0 Å². The summed E-state index contributed by atoms with van der Waals surface area (Å²) in [5.74, 6) is 0.541. The molecule has 0 bridgehead atoms. The molecule has 60 valence electrons. The van der Waals surface area contributed by atoms with Crippen LogP contribution in [0.3, 0.4) is 0 Å². The van der Waals surface area contributed by atoms with E-state index in [0.29, 0.717) is 0 Å². The summed E-state index contributed by atoms with van der Waals surface area (Å²) in [6, 6.07) is 4.83. The second-order valence-corrected chi connectivity index (χ2v) is 3.15. The van der Waals surface area contributed by atoms with Crippen LogP contribution >= 0.6 is 11.8 Å². The molecule has 1 aromatic rings. The van der Waals surface area contributed by atoms with Crippen LogP contribution < -0.4 is 5.73 Å². The smallest absolute Gasteiger partial charge is 0.146 e. The normalized spacial score (nSPS) is 10.0. The molecule has 0 fully saturated rings. The molecule has 0 saturated carbocycles. The second kappa shape index (κ2) is 3.62. The minimum Gasteiger partial charge on any atom is -0.396 e. The van der Waals surface area contributed by atoms with Gasteiger partial charge in [0.15, 0.2) is 0 Å². The lowest BCUT2D eigenvalue weighted by Gasteiger charge is -2.00. The number of hydrogen-bond donors (Lipinski definition) is 1. The highest BCUT2D eigenvalue weighted by Crippen LogP contribution is 2.15. The lowest BCUT2D eigenvalue weighted by atomic mass is 10.2. The number of anilines is 1. The molecule has 1 nitrogen and oxygen atoms in total. The lowest BCUT2D eigenvalue weighted by molar-refractivity contribution is 0.632. The Labute approximate surface area is 69.8 Å². The number of nitrogen functional groups attached to an aromatic ring is 1. The highest BCUT2D eigenvalue weighted by Gasteiger charge is 1.97. The van der Waals surface area contributed by atoms with Gasteiger partial charge in [-0.15, -0.1) is 0 Å². The minimum atomic E-state index is -0.338. The molecule has 0 saturated heterocycles. The van der Waals surface area contributed by atoms with Crippen molar-refractivity contribution in [1.82, 2.24) is 0 Å². The van der Waals surface area contributed by atoms with Crippen molar-refractivity contribution in [2.45, 2.75) is 5.75 Å². The molecule has 11 heavy (non-hydrogen) atoms. The molecule has 0 atom stereocenters. The Bertz CT molecular complexity index is 250. The largest absolute Gasteiger partial charge is 0.396 e. The van der Waals surface area contributed by atoms with Crippen LogP contribution in [0.1, 0.15) is 5.56 Å². The van der Waals surface area contributed by atoms with Gasteiger partial charge in [-0.05, 0) is 24.0 Å². The number of benzene rings is 1. The van der Waals surface area contributed by atoms with Crippen LogP contribution in [0.5, 0.6) is 0 Å². The van der Waals surface area contributed by atoms with E-state index < -0.39 is 0 Å². The molecule has 0 aromatic heterocycles. The molecule has 0 aliphatic carbocycles. The molecule has 0 aliphatic heterocycles. The van der Waals surface area contributed by atoms with Crippen LogP contribution in [0.15, 0.2) is 18.2 Å². The Kier molecular flexibility index (Phi) is 2.76. The molecular weight excluding hydrogens is 161 g/mol. The molecule has 3 heteroatoms. The van der Waals surface area contributed by atoms with Crippen molar-refractivity contribution in [2.75, 3.05) is 12.0 Å². The van der Waals surface area contributed by atoms with Crippen molar-refractivity contribution in [3.05, 3.63) is 29.6 Å². The van der Waals surface area contributed by atoms with Gasteiger partial charge in [0.2, 0.25) is 0 Å². The summed E-state index contributed by atoms with van der Waals surface area (Å²) in [7, 11) is 0. The number of rotatable bonds is 2. The third-order valence-corrected chi connectivity index (χ3v) is 1.99. The van der Waals surface area contributed by atoms with E-state index in [9.17, 15) is 4.39 Å². The summed E-state index contributed by atoms with van der Waals surface area (Å²) >= 11 is 1.69. The van der Waals surface area contributed by atoms with E-state index in [1.54, 1.807) is 23.9 Å². The van der Waals surface area contributed by atoms with Crippen molar-refractivity contribution in [1.29, 1.82) is 0 Å². The topological polar surface area (TPSA) is 26.0 Å². The predicted molar refractivity (Wildman–Crippen MR) is 48.0 cm³/mol. The number of halogens is 1. The van der Waals surface area contributed by atoms with Gasteiger partial charge in [0.1, 0.15) is 5.82 Å². The van der Waals surface area contributed by atoms with E-state index >= 15 is 0 Å². The second-order valence-electron chi connectivity index (χ2n) is 2.29. The Morgan fingerprint density at radius 3 is 2.82 bits per heavy atom. The zero-order chi connectivity index (χ0) is 8.27. The van der Waals surface area contributed by atoms with E-state index in [1.807, 2.05) is 6.26 Å². The number of hydrogen-bond acceptors (Lipinski definition) is 2. The molecule has 0 unspecified atom stereocenters. The molecule has 1 aromatic carbocycles. The highest BCUT2D eigenvalue weighted by molar-refractivity contribution is 7.97. The summed E-state index contributed by atoms with van der Waals surface area (Å²) < 4.78 is 12.6. The van der Waals surface area contributed by atoms with Crippen molar-refractivity contribution >= 4 is 17.4 Å². The maximum atomic E-state index is 12.6. The van der Waals surface area contributed by atoms with E-state index in [-0.39, 0.29) is 11.5 Å². The van der Waals surface area contributed by atoms with Gasteiger partial charge in [-0.1, -0.05) is 6.07 Å². The van der Waals surface area contributed by atoms with Gasteiger partial charge in [-0.25, -0.2) is 4.39 Å². The van der Waals surface area contributed by atoms with E-state index in [1.165, 1.54) is 6.07 Å². The van der Waals surface area contributed by atoms with Crippen LogP contribution in [0.2, 0.25) is 0 Å². The first-order valence-corrected chi connectivity index (χ1v) is 4.66. The maximum absolute atomic E-state index is 12.6. The first-order valence-electron chi connectivity index (χ1n) is 3.27. The first-order chi connectivity index (χ1) is 5.24. The number of nitrogens with two attached hydrogens (primary N) is 1. The lowest BCUT2D eigenvalue weighted by Crippen LogP contribution is -1.91. The molecular formula is C8H10FNS. The average molecular weight is 171 g/mol. The molecule has 0 heterocycles. The maximum Gasteiger partial charge on any atom is 0.146 e. The van der Waals surface area contributed by atoms with E-state index in [2.05, 4.69) is 0 Å². The third kappa shape index (κ3) is 2.12. The molecule has 0 spiro atoms. The molecule has 0 aliphatic rings. The van der Waals surface area contributed by atoms with Gasteiger partial charge in [0.05, 0.1) is 5.69 Å². The number of thioether (sulfide) groups is 1. The molecule has 1 rings (SSSR count). The van der Waals surface area contributed by atoms with Crippen molar-refractivity contribution < 1.29 is 4.39 Å². The van der Waals surface area contributed by atoms with Gasteiger partial charge < -0.3 is 5.73 Å². The van der Waals surface area contributed by atoms with Crippen LogP contribution in [0.25, 0.3) is 0 Å². The minimum absolute atomic E-state index is 0.233. The summed E-state index contributed by atoms with van der Waals surface area (Å²) in [4.78, 5) is 0. The van der Waals surface area contributed by atoms with Crippen molar-refractivity contribution in [3.63, 3.8) is 0 Å². The van der Waals surface area contributed by atoms with E-state index in [4.69, 9.17) is 5.73 Å². The third-order valence-electron chi connectivity index (χ3n) is 1.37. The first kappa shape index (κ1) is 8.40. The average Bonchev–Trinajstić information content (AvgIpc) is 1.98.